The van der Waals surface area contributed by atoms with Crippen LogP contribution in [-0.4, -0.2) is 63.7 Å². The Labute approximate surface area is 208 Å². The quantitative estimate of drug-likeness (QED) is 0.151. The molecular weight excluding hydrogens is 454 g/mol. The van der Waals surface area contributed by atoms with Crippen molar-refractivity contribution in [1.82, 2.24) is 5.32 Å². The fourth-order valence-corrected chi connectivity index (χ4v) is 3.27. The first kappa shape index (κ1) is 30.1. The van der Waals surface area contributed by atoms with Crippen LogP contribution < -0.4 is 5.32 Å². The van der Waals surface area contributed by atoms with Gasteiger partial charge in [-0.2, -0.15) is 0 Å². The molecule has 1 amide bonds. The maximum atomic E-state index is 12.5. The van der Waals surface area contributed by atoms with Crippen LogP contribution in [0.25, 0.3) is 0 Å². The van der Waals surface area contributed by atoms with E-state index in [0.717, 1.165) is 24.5 Å². The van der Waals surface area contributed by atoms with E-state index in [1.807, 2.05) is 37.3 Å². The molecule has 0 bridgehead atoms. The number of rotatable bonds is 17. The van der Waals surface area contributed by atoms with Crippen molar-refractivity contribution in [2.24, 2.45) is 5.41 Å². The Balaban J connectivity index is 2.39. The first-order valence-corrected chi connectivity index (χ1v) is 11.7. The zero-order valence-electron chi connectivity index (χ0n) is 21.2. The normalized spacial score (nSPS) is 12.8. The van der Waals surface area contributed by atoms with Crippen LogP contribution in [0.15, 0.2) is 43.0 Å². The average molecular weight is 494 g/mol. The smallest absolute Gasteiger partial charge is 0.406 e. The van der Waals surface area contributed by atoms with E-state index in [2.05, 4.69) is 25.7 Å². The third-order valence-electron chi connectivity index (χ3n) is 5.12. The van der Waals surface area contributed by atoms with Crippen molar-refractivity contribution in [3.63, 3.8) is 0 Å². The second-order valence-corrected chi connectivity index (χ2v) is 8.81. The van der Waals surface area contributed by atoms with Crippen LogP contribution in [0.3, 0.4) is 0 Å². The van der Waals surface area contributed by atoms with E-state index < -0.39 is 24.1 Å². The van der Waals surface area contributed by atoms with Crippen LogP contribution in [0.1, 0.15) is 45.6 Å². The van der Waals surface area contributed by atoms with E-state index in [9.17, 15) is 14.4 Å². The Morgan fingerprint density at radius 3 is 2.43 bits per heavy atom. The van der Waals surface area contributed by atoms with Gasteiger partial charge in [-0.05, 0) is 30.7 Å². The fourth-order valence-electron chi connectivity index (χ4n) is 3.27. The zero-order valence-corrected chi connectivity index (χ0v) is 21.2. The number of amides is 1. The van der Waals surface area contributed by atoms with Crippen molar-refractivity contribution in [2.45, 2.75) is 58.8 Å². The Morgan fingerprint density at radius 2 is 1.77 bits per heavy atom. The maximum Gasteiger partial charge on any atom is 0.406 e. The molecule has 1 aromatic rings. The first-order valence-electron chi connectivity index (χ1n) is 11.7. The number of hydrogen-bond acceptors (Lipinski definition) is 8. The van der Waals surface area contributed by atoms with Gasteiger partial charge in [-0.3, -0.25) is 0 Å². The summed E-state index contributed by atoms with van der Waals surface area (Å²) in [7, 11) is 1.50. The number of carbonyl (C=O) groups is 3. The van der Waals surface area contributed by atoms with Crippen molar-refractivity contribution in [3.8, 4) is 0 Å². The summed E-state index contributed by atoms with van der Waals surface area (Å²) < 4.78 is 26.8. The molecule has 0 fully saturated rings. The Bertz CT molecular complexity index is 781. The summed E-state index contributed by atoms with van der Waals surface area (Å²) in [4.78, 5) is 35.2. The van der Waals surface area contributed by atoms with Crippen LogP contribution in [-0.2, 0) is 39.9 Å². The van der Waals surface area contributed by atoms with Crippen LogP contribution >= 0.6 is 0 Å². The van der Waals surface area contributed by atoms with E-state index >= 15 is 0 Å². The van der Waals surface area contributed by atoms with Gasteiger partial charge in [-0.25, -0.2) is 14.4 Å². The second kappa shape index (κ2) is 16.7. The van der Waals surface area contributed by atoms with Gasteiger partial charge < -0.3 is 29.0 Å². The largest absolute Gasteiger partial charge is 0.458 e. The first-order chi connectivity index (χ1) is 16.7. The molecule has 0 radical (unpaired) electrons. The minimum Gasteiger partial charge on any atom is -0.458 e. The summed E-state index contributed by atoms with van der Waals surface area (Å²) in [5.74, 6) is -1.32. The van der Waals surface area contributed by atoms with Gasteiger partial charge in [0.15, 0.2) is 0 Å². The van der Waals surface area contributed by atoms with Gasteiger partial charge in [-0.1, -0.05) is 50.8 Å². The summed E-state index contributed by atoms with van der Waals surface area (Å²) in [5, 5.41) is 2.37. The highest BCUT2D eigenvalue weighted by molar-refractivity contribution is 5.85. The average Bonchev–Trinajstić information content (AvgIpc) is 2.83. The molecule has 196 valence electrons. The summed E-state index contributed by atoms with van der Waals surface area (Å²) in [6.07, 6.45) is 1.11. The molecule has 0 heterocycles. The topological polar surface area (TPSA) is 109 Å². The molecule has 0 aliphatic rings. The van der Waals surface area contributed by atoms with Gasteiger partial charge in [0.25, 0.3) is 0 Å². The SMILES string of the molecule is C=CC(=O)OC(CCOC(C)CC(C)(C)CCOCCOC(=O)NC)C(=O)OCc1ccccc1. The Hall–Kier alpha value is -2.91. The van der Waals surface area contributed by atoms with Crippen molar-refractivity contribution in [1.29, 1.82) is 0 Å². The van der Waals surface area contributed by atoms with E-state index in [0.29, 0.717) is 13.2 Å². The van der Waals surface area contributed by atoms with E-state index in [4.69, 9.17) is 23.7 Å². The molecule has 2 unspecified atom stereocenters. The van der Waals surface area contributed by atoms with E-state index in [-0.39, 0.29) is 37.8 Å². The van der Waals surface area contributed by atoms with Gasteiger partial charge >= 0.3 is 18.0 Å². The van der Waals surface area contributed by atoms with Crippen LogP contribution in [0, 0.1) is 5.41 Å². The third kappa shape index (κ3) is 14.2. The molecule has 0 saturated heterocycles. The lowest BCUT2D eigenvalue weighted by molar-refractivity contribution is -0.167. The van der Waals surface area contributed by atoms with Crippen LogP contribution in [0.2, 0.25) is 0 Å². The Morgan fingerprint density at radius 1 is 1.06 bits per heavy atom. The number of hydrogen-bond donors (Lipinski definition) is 1. The molecule has 1 N–H and O–H groups in total. The van der Waals surface area contributed by atoms with E-state index in [1.54, 1.807) is 0 Å². The van der Waals surface area contributed by atoms with Crippen LogP contribution in [0.5, 0.6) is 0 Å². The van der Waals surface area contributed by atoms with E-state index in [1.165, 1.54) is 7.05 Å². The number of alkyl carbamates (subject to hydrolysis) is 1. The number of ether oxygens (including phenoxy) is 5. The molecule has 0 saturated carbocycles. The number of nitrogens with one attached hydrogen (secondary N) is 1. The third-order valence-corrected chi connectivity index (χ3v) is 5.12. The molecule has 9 nitrogen and oxygen atoms in total. The van der Waals surface area contributed by atoms with Crippen molar-refractivity contribution in [2.75, 3.05) is 33.5 Å². The Kier molecular flexibility index (Phi) is 14.3. The molecule has 35 heavy (non-hydrogen) atoms. The highest BCUT2D eigenvalue weighted by Crippen LogP contribution is 2.28. The second-order valence-electron chi connectivity index (χ2n) is 8.81. The summed E-state index contributed by atoms with van der Waals surface area (Å²) in [6.45, 7) is 10.9. The fraction of sp³-hybridized carbons (Fsp3) is 0.577. The van der Waals surface area contributed by atoms with Crippen molar-refractivity contribution in [3.05, 3.63) is 48.6 Å². The number of benzene rings is 1. The lowest BCUT2D eigenvalue weighted by Crippen LogP contribution is -2.31. The van der Waals surface area contributed by atoms with Crippen LogP contribution in [0.4, 0.5) is 4.79 Å². The predicted molar refractivity (Wildman–Crippen MR) is 131 cm³/mol. The molecule has 1 rings (SSSR count). The molecule has 0 aliphatic heterocycles. The minimum absolute atomic E-state index is 0.0512. The van der Waals surface area contributed by atoms with Crippen molar-refractivity contribution >= 4 is 18.0 Å². The molecular formula is C26H39NO8. The lowest BCUT2D eigenvalue weighted by Gasteiger charge is -2.28. The highest BCUT2D eigenvalue weighted by atomic mass is 16.6. The molecule has 2 atom stereocenters. The number of esters is 2. The van der Waals surface area contributed by atoms with Gasteiger partial charge in [-0.15, -0.1) is 0 Å². The van der Waals surface area contributed by atoms with Crippen molar-refractivity contribution < 1.29 is 38.1 Å². The molecule has 9 heteroatoms. The van der Waals surface area contributed by atoms with Gasteiger partial charge in [0, 0.05) is 26.2 Å². The highest BCUT2D eigenvalue weighted by Gasteiger charge is 2.25. The zero-order chi connectivity index (χ0) is 26.1. The molecule has 0 aliphatic carbocycles. The number of carbonyl (C=O) groups excluding carboxylic acids is 3. The predicted octanol–water partition coefficient (Wildman–Crippen LogP) is 3.80. The van der Waals surface area contributed by atoms with Gasteiger partial charge in [0.05, 0.1) is 19.3 Å². The molecule has 0 aromatic heterocycles. The van der Waals surface area contributed by atoms with Gasteiger partial charge in [0.2, 0.25) is 6.10 Å². The van der Waals surface area contributed by atoms with Gasteiger partial charge in [0.1, 0.15) is 13.2 Å². The summed E-state index contributed by atoms with van der Waals surface area (Å²) >= 11 is 0. The minimum atomic E-state index is -1.07. The summed E-state index contributed by atoms with van der Waals surface area (Å²) in [5.41, 5.74) is 0.786. The molecule has 0 spiro atoms. The monoisotopic (exact) mass is 493 g/mol. The summed E-state index contributed by atoms with van der Waals surface area (Å²) in [6, 6.07) is 9.26. The lowest BCUT2D eigenvalue weighted by atomic mass is 9.84. The molecule has 1 aromatic carbocycles. The maximum absolute atomic E-state index is 12.5. The standard InChI is InChI=1S/C26H39NO8/c1-6-23(28)35-22(24(29)34-19-21-10-8-7-9-11-21)12-14-32-20(2)18-26(3,4)13-15-31-16-17-33-25(30)27-5/h6-11,20,22H,1,12-19H2,2-5H3,(H,27,30).